The molecule has 2 rings (SSSR count). The molecule has 0 fully saturated rings. The van der Waals surface area contributed by atoms with Crippen LogP contribution in [0.2, 0.25) is 0 Å². The molecule has 0 aliphatic heterocycles. The highest BCUT2D eigenvalue weighted by molar-refractivity contribution is 5.98. The maximum Gasteiger partial charge on any atom is 0.164 e. The molecule has 80 valence electrons. The Morgan fingerprint density at radius 1 is 1.47 bits per heavy atom. The first kappa shape index (κ1) is 10.2. The molecule has 2 nitrogen and oxygen atoms in total. The van der Waals surface area contributed by atoms with Crippen molar-refractivity contribution in [2.75, 3.05) is 0 Å². The van der Waals surface area contributed by atoms with Crippen LogP contribution in [0.1, 0.15) is 42.2 Å². The third-order valence-electron chi connectivity index (χ3n) is 2.97. The second kappa shape index (κ2) is 4.47. The number of aromatic nitrogens is 1. The van der Waals surface area contributed by atoms with Gasteiger partial charge in [-0.2, -0.15) is 0 Å². The third kappa shape index (κ3) is 2.04. The standard InChI is InChI=1S/C13H17NO/c1-2-3-4-9-14-10-8-11-12(14)6-5-7-13(11)15/h2-3,8,10H,4-7,9H2,1H3/b3-2+. The van der Waals surface area contributed by atoms with E-state index in [2.05, 4.69) is 22.9 Å². The van der Waals surface area contributed by atoms with Gasteiger partial charge in [0.25, 0.3) is 0 Å². The quantitative estimate of drug-likeness (QED) is 0.692. The van der Waals surface area contributed by atoms with Gasteiger partial charge in [0.05, 0.1) is 0 Å². The monoisotopic (exact) mass is 203 g/mol. The SMILES string of the molecule is C/C=C/CCn1ccc2c1CCCC2=O. The summed E-state index contributed by atoms with van der Waals surface area (Å²) in [5, 5.41) is 0. The number of carbonyl (C=O) groups is 1. The van der Waals surface area contributed by atoms with Gasteiger partial charge < -0.3 is 4.57 Å². The minimum atomic E-state index is 0.320. The summed E-state index contributed by atoms with van der Waals surface area (Å²) in [6.07, 6.45) is 10.1. The van der Waals surface area contributed by atoms with Crippen LogP contribution >= 0.6 is 0 Å². The topological polar surface area (TPSA) is 22.0 Å². The maximum atomic E-state index is 11.6. The fourth-order valence-corrected chi connectivity index (χ4v) is 2.18. The molecule has 0 bridgehead atoms. The summed E-state index contributed by atoms with van der Waals surface area (Å²) in [5.41, 5.74) is 2.21. The molecule has 1 aromatic heterocycles. The van der Waals surface area contributed by atoms with Crippen LogP contribution in [0.4, 0.5) is 0 Å². The van der Waals surface area contributed by atoms with E-state index in [-0.39, 0.29) is 0 Å². The van der Waals surface area contributed by atoms with E-state index in [0.717, 1.165) is 37.8 Å². The highest BCUT2D eigenvalue weighted by Crippen LogP contribution is 2.22. The highest BCUT2D eigenvalue weighted by Gasteiger charge is 2.19. The summed E-state index contributed by atoms with van der Waals surface area (Å²) in [6.45, 7) is 3.03. The first-order valence-corrected chi connectivity index (χ1v) is 5.65. The van der Waals surface area contributed by atoms with Crippen molar-refractivity contribution >= 4 is 5.78 Å². The van der Waals surface area contributed by atoms with Crippen LogP contribution in [0.3, 0.4) is 0 Å². The Kier molecular flexibility index (Phi) is 3.05. The van der Waals surface area contributed by atoms with E-state index in [0.29, 0.717) is 5.78 Å². The van der Waals surface area contributed by atoms with E-state index in [1.54, 1.807) is 0 Å². The van der Waals surface area contributed by atoms with Gasteiger partial charge in [-0.25, -0.2) is 0 Å². The van der Waals surface area contributed by atoms with Crippen LogP contribution in [0.5, 0.6) is 0 Å². The Morgan fingerprint density at radius 3 is 3.13 bits per heavy atom. The summed E-state index contributed by atoms with van der Waals surface area (Å²) in [7, 11) is 0. The summed E-state index contributed by atoms with van der Waals surface area (Å²) in [4.78, 5) is 11.6. The lowest BCUT2D eigenvalue weighted by molar-refractivity contribution is 0.0972. The van der Waals surface area contributed by atoms with E-state index in [1.807, 2.05) is 13.0 Å². The van der Waals surface area contributed by atoms with Crippen LogP contribution in [0.15, 0.2) is 24.4 Å². The number of Topliss-reactive ketones (excluding diaryl/α,β-unsaturated/α-hetero) is 1. The summed E-state index contributed by atoms with van der Waals surface area (Å²) in [5.74, 6) is 0.320. The predicted molar refractivity (Wildman–Crippen MR) is 61.1 cm³/mol. The van der Waals surface area contributed by atoms with Crippen LogP contribution in [-0.2, 0) is 13.0 Å². The van der Waals surface area contributed by atoms with Gasteiger partial charge in [-0.05, 0) is 32.3 Å². The van der Waals surface area contributed by atoms with Gasteiger partial charge in [0.1, 0.15) is 0 Å². The van der Waals surface area contributed by atoms with Gasteiger partial charge in [-0.1, -0.05) is 12.2 Å². The molecule has 1 aromatic rings. The molecule has 2 heteroatoms. The second-order valence-electron chi connectivity index (χ2n) is 4.00. The summed E-state index contributed by atoms with van der Waals surface area (Å²) in [6, 6.07) is 1.98. The first-order valence-electron chi connectivity index (χ1n) is 5.65. The van der Waals surface area contributed by atoms with Gasteiger partial charge in [0.15, 0.2) is 5.78 Å². The number of aryl methyl sites for hydroxylation is 1. The normalized spacial score (nSPS) is 15.9. The lowest BCUT2D eigenvalue weighted by atomic mass is 9.97. The largest absolute Gasteiger partial charge is 0.350 e. The molecule has 0 amide bonds. The molecule has 1 heterocycles. The van der Waals surface area contributed by atoms with Crippen molar-refractivity contribution in [3.8, 4) is 0 Å². The number of hydrogen-bond acceptors (Lipinski definition) is 1. The average Bonchev–Trinajstić information content (AvgIpc) is 2.64. The molecule has 0 unspecified atom stereocenters. The minimum Gasteiger partial charge on any atom is -0.350 e. The molecular weight excluding hydrogens is 186 g/mol. The number of hydrogen-bond donors (Lipinski definition) is 0. The summed E-state index contributed by atoms with van der Waals surface area (Å²) < 4.78 is 2.23. The van der Waals surface area contributed by atoms with Crippen molar-refractivity contribution in [1.82, 2.24) is 4.57 Å². The van der Waals surface area contributed by atoms with Gasteiger partial charge in [-0.15, -0.1) is 0 Å². The Morgan fingerprint density at radius 2 is 2.33 bits per heavy atom. The van der Waals surface area contributed by atoms with Crippen molar-refractivity contribution in [2.24, 2.45) is 0 Å². The van der Waals surface area contributed by atoms with Crippen molar-refractivity contribution in [3.63, 3.8) is 0 Å². The molecule has 0 saturated carbocycles. The maximum absolute atomic E-state index is 11.6. The Bertz CT molecular complexity index is 387. The third-order valence-corrected chi connectivity index (χ3v) is 2.97. The van der Waals surface area contributed by atoms with Crippen molar-refractivity contribution in [3.05, 3.63) is 35.7 Å². The highest BCUT2D eigenvalue weighted by atomic mass is 16.1. The van der Waals surface area contributed by atoms with Crippen LogP contribution < -0.4 is 0 Å². The molecule has 0 radical (unpaired) electrons. The van der Waals surface area contributed by atoms with Gasteiger partial charge >= 0.3 is 0 Å². The van der Waals surface area contributed by atoms with Gasteiger partial charge in [0.2, 0.25) is 0 Å². The van der Waals surface area contributed by atoms with Crippen molar-refractivity contribution < 1.29 is 4.79 Å². The molecule has 0 spiro atoms. The average molecular weight is 203 g/mol. The number of ketones is 1. The van der Waals surface area contributed by atoms with E-state index in [9.17, 15) is 4.79 Å². The fraction of sp³-hybridized carbons (Fsp3) is 0.462. The Balaban J connectivity index is 2.16. The zero-order chi connectivity index (χ0) is 10.7. The molecule has 0 N–H and O–H groups in total. The van der Waals surface area contributed by atoms with Crippen molar-refractivity contribution in [1.29, 1.82) is 0 Å². The molecule has 0 saturated heterocycles. The van der Waals surface area contributed by atoms with E-state index >= 15 is 0 Å². The Labute approximate surface area is 90.6 Å². The lowest BCUT2D eigenvalue weighted by Crippen LogP contribution is -2.12. The minimum absolute atomic E-state index is 0.320. The smallest absolute Gasteiger partial charge is 0.164 e. The van der Waals surface area contributed by atoms with Gasteiger partial charge in [-0.3, -0.25) is 4.79 Å². The zero-order valence-corrected chi connectivity index (χ0v) is 9.20. The summed E-state index contributed by atoms with van der Waals surface area (Å²) >= 11 is 0. The number of allylic oxidation sites excluding steroid dienone is 2. The van der Waals surface area contributed by atoms with Crippen molar-refractivity contribution in [2.45, 2.75) is 39.2 Å². The van der Waals surface area contributed by atoms with Crippen LogP contribution in [0.25, 0.3) is 0 Å². The predicted octanol–water partition coefficient (Wildman–Crippen LogP) is 2.97. The van der Waals surface area contributed by atoms with E-state index < -0.39 is 0 Å². The van der Waals surface area contributed by atoms with Crippen LogP contribution in [0, 0.1) is 0 Å². The zero-order valence-electron chi connectivity index (χ0n) is 9.20. The molecular formula is C13H17NO. The lowest BCUT2D eigenvalue weighted by Gasteiger charge is -2.14. The van der Waals surface area contributed by atoms with E-state index in [4.69, 9.17) is 0 Å². The number of rotatable bonds is 3. The molecule has 0 aromatic carbocycles. The molecule has 15 heavy (non-hydrogen) atoms. The number of nitrogens with zero attached hydrogens (tertiary/aromatic N) is 1. The van der Waals surface area contributed by atoms with E-state index in [1.165, 1.54) is 5.69 Å². The molecule has 1 aliphatic rings. The second-order valence-corrected chi connectivity index (χ2v) is 4.00. The number of carbonyl (C=O) groups excluding carboxylic acids is 1. The number of fused-ring (bicyclic) bond motifs is 1. The van der Waals surface area contributed by atoms with Gasteiger partial charge in [0, 0.05) is 30.4 Å². The fourth-order valence-electron chi connectivity index (χ4n) is 2.18. The first-order chi connectivity index (χ1) is 7.33. The Hall–Kier alpha value is -1.31. The van der Waals surface area contributed by atoms with Crippen LogP contribution in [-0.4, -0.2) is 10.4 Å². The molecule has 1 aliphatic carbocycles. The molecule has 0 atom stereocenters.